The molecule has 1 aromatic rings. The highest BCUT2D eigenvalue weighted by atomic mass is 79.9. The number of carbonyl (C=O) groups is 1. The molecule has 17 heavy (non-hydrogen) atoms. The summed E-state index contributed by atoms with van der Waals surface area (Å²) in [5, 5.41) is 0. The van der Waals surface area contributed by atoms with Crippen molar-refractivity contribution in [2.75, 3.05) is 6.54 Å². The molecule has 1 aromatic carbocycles. The molecule has 0 unspecified atom stereocenters. The number of nitrogens with zero attached hydrogens (tertiary/aromatic N) is 1. The molecule has 0 atom stereocenters. The summed E-state index contributed by atoms with van der Waals surface area (Å²) in [6, 6.07) is 4.60. The minimum atomic E-state index is -0.406. The van der Waals surface area contributed by atoms with Crippen molar-refractivity contribution in [3.05, 3.63) is 34.1 Å². The molecule has 0 aromatic heterocycles. The van der Waals surface area contributed by atoms with Crippen LogP contribution >= 0.6 is 15.9 Å². The third-order valence-corrected chi connectivity index (χ3v) is 3.16. The largest absolute Gasteiger partial charge is 0.336 e. The molecule has 0 bridgehead atoms. The van der Waals surface area contributed by atoms with Gasteiger partial charge in [0, 0.05) is 18.2 Å². The third-order valence-electron chi connectivity index (χ3n) is 2.52. The second-order valence-electron chi connectivity index (χ2n) is 4.22. The summed E-state index contributed by atoms with van der Waals surface area (Å²) in [5.74, 6) is -0.524. The lowest BCUT2D eigenvalue weighted by Gasteiger charge is -2.26. The van der Waals surface area contributed by atoms with Crippen molar-refractivity contribution in [2.24, 2.45) is 0 Å². The maximum atomic E-state index is 13.4. The van der Waals surface area contributed by atoms with Crippen LogP contribution in [0.15, 0.2) is 22.7 Å². The number of rotatable bonds is 4. The van der Waals surface area contributed by atoms with Crippen LogP contribution in [0.5, 0.6) is 0 Å². The first-order valence-electron chi connectivity index (χ1n) is 5.73. The van der Waals surface area contributed by atoms with Gasteiger partial charge < -0.3 is 4.90 Å². The van der Waals surface area contributed by atoms with E-state index in [1.807, 2.05) is 20.8 Å². The molecular formula is C13H17BrFNO. The van der Waals surface area contributed by atoms with Crippen LogP contribution < -0.4 is 0 Å². The molecule has 0 aliphatic carbocycles. The van der Waals surface area contributed by atoms with Crippen LogP contribution in [0.4, 0.5) is 4.39 Å². The van der Waals surface area contributed by atoms with Gasteiger partial charge in [-0.3, -0.25) is 4.79 Å². The van der Waals surface area contributed by atoms with E-state index < -0.39 is 5.82 Å². The molecule has 0 saturated carbocycles. The van der Waals surface area contributed by atoms with Crippen LogP contribution in [0.3, 0.4) is 0 Å². The van der Waals surface area contributed by atoms with Crippen molar-refractivity contribution in [2.45, 2.75) is 33.2 Å². The minimum Gasteiger partial charge on any atom is -0.336 e. The van der Waals surface area contributed by atoms with Crippen LogP contribution in [-0.4, -0.2) is 23.4 Å². The fourth-order valence-electron chi connectivity index (χ4n) is 1.63. The second-order valence-corrected chi connectivity index (χ2v) is 5.08. The summed E-state index contributed by atoms with van der Waals surface area (Å²) < 4.78 is 13.7. The van der Waals surface area contributed by atoms with Crippen molar-refractivity contribution in [1.82, 2.24) is 4.90 Å². The molecule has 0 heterocycles. The number of benzene rings is 1. The molecule has 1 rings (SSSR count). The van der Waals surface area contributed by atoms with E-state index in [2.05, 4.69) is 15.9 Å². The van der Waals surface area contributed by atoms with Crippen LogP contribution in [0.1, 0.15) is 37.6 Å². The fraction of sp³-hybridized carbons (Fsp3) is 0.462. The van der Waals surface area contributed by atoms with Gasteiger partial charge in [-0.25, -0.2) is 4.39 Å². The van der Waals surface area contributed by atoms with E-state index in [4.69, 9.17) is 0 Å². The van der Waals surface area contributed by atoms with Crippen LogP contribution in [0.2, 0.25) is 0 Å². The summed E-state index contributed by atoms with van der Waals surface area (Å²) in [6.45, 7) is 6.63. The standard InChI is InChI=1S/C13H17BrFNO/c1-4-7-16(9(2)3)13(17)10-5-6-11(14)12(15)8-10/h5-6,8-9H,4,7H2,1-3H3. The summed E-state index contributed by atoms with van der Waals surface area (Å²) in [5.41, 5.74) is 0.396. The Balaban J connectivity index is 2.97. The zero-order valence-corrected chi connectivity index (χ0v) is 11.9. The lowest BCUT2D eigenvalue weighted by molar-refractivity contribution is 0.0705. The molecule has 4 heteroatoms. The average molecular weight is 302 g/mol. The minimum absolute atomic E-state index is 0.117. The van der Waals surface area contributed by atoms with E-state index in [1.165, 1.54) is 6.07 Å². The molecule has 1 amide bonds. The zero-order chi connectivity index (χ0) is 13.0. The van der Waals surface area contributed by atoms with Gasteiger partial charge in [0.2, 0.25) is 0 Å². The first-order valence-corrected chi connectivity index (χ1v) is 6.52. The lowest BCUT2D eigenvalue weighted by Crippen LogP contribution is -2.37. The van der Waals surface area contributed by atoms with Gasteiger partial charge in [-0.15, -0.1) is 0 Å². The average Bonchev–Trinajstić information content (AvgIpc) is 2.28. The maximum Gasteiger partial charge on any atom is 0.254 e. The maximum absolute atomic E-state index is 13.4. The van der Waals surface area contributed by atoms with Gasteiger partial charge in [0.15, 0.2) is 0 Å². The smallest absolute Gasteiger partial charge is 0.254 e. The van der Waals surface area contributed by atoms with E-state index >= 15 is 0 Å². The molecule has 0 aliphatic heterocycles. The number of halogens is 2. The molecule has 94 valence electrons. The first-order chi connectivity index (χ1) is 7.97. The monoisotopic (exact) mass is 301 g/mol. The molecule has 0 radical (unpaired) electrons. The van der Waals surface area contributed by atoms with Crippen LogP contribution in [-0.2, 0) is 0 Å². The summed E-state index contributed by atoms with van der Waals surface area (Å²) >= 11 is 3.08. The van der Waals surface area contributed by atoms with Gasteiger partial charge >= 0.3 is 0 Å². The second kappa shape index (κ2) is 6.15. The number of hydrogen-bond acceptors (Lipinski definition) is 1. The van der Waals surface area contributed by atoms with Gasteiger partial charge in [-0.05, 0) is 54.4 Å². The normalized spacial score (nSPS) is 10.7. The topological polar surface area (TPSA) is 20.3 Å². The summed E-state index contributed by atoms with van der Waals surface area (Å²) in [6.07, 6.45) is 0.892. The highest BCUT2D eigenvalue weighted by molar-refractivity contribution is 9.10. The molecule has 0 saturated heterocycles. The molecule has 0 aliphatic rings. The van der Waals surface area contributed by atoms with Gasteiger partial charge in [0.25, 0.3) is 5.91 Å². The molecule has 0 N–H and O–H groups in total. The summed E-state index contributed by atoms with van der Waals surface area (Å²) in [7, 11) is 0. The predicted octanol–water partition coefficient (Wildman–Crippen LogP) is 3.85. The Kier molecular flexibility index (Phi) is 5.12. The van der Waals surface area contributed by atoms with Crippen molar-refractivity contribution in [3.8, 4) is 0 Å². The van der Waals surface area contributed by atoms with Crippen molar-refractivity contribution < 1.29 is 9.18 Å². The Hall–Kier alpha value is -0.900. The van der Waals surface area contributed by atoms with Crippen molar-refractivity contribution >= 4 is 21.8 Å². The highest BCUT2D eigenvalue weighted by Gasteiger charge is 2.18. The Morgan fingerprint density at radius 3 is 2.59 bits per heavy atom. The van der Waals surface area contributed by atoms with E-state index in [0.717, 1.165) is 6.42 Å². The SMILES string of the molecule is CCCN(C(=O)c1ccc(Br)c(F)c1)C(C)C. The number of hydrogen-bond donors (Lipinski definition) is 0. The van der Waals surface area contributed by atoms with Crippen molar-refractivity contribution in [1.29, 1.82) is 0 Å². The van der Waals surface area contributed by atoms with Gasteiger partial charge in [-0.2, -0.15) is 0 Å². The highest BCUT2D eigenvalue weighted by Crippen LogP contribution is 2.18. The Labute approximate surface area is 110 Å². The molecule has 0 spiro atoms. The Morgan fingerprint density at radius 1 is 1.47 bits per heavy atom. The van der Waals surface area contributed by atoms with Gasteiger partial charge in [0.05, 0.1) is 4.47 Å². The van der Waals surface area contributed by atoms with Crippen LogP contribution in [0, 0.1) is 5.82 Å². The van der Waals surface area contributed by atoms with Gasteiger partial charge in [-0.1, -0.05) is 6.92 Å². The fourth-order valence-corrected chi connectivity index (χ4v) is 1.88. The van der Waals surface area contributed by atoms with Gasteiger partial charge in [0.1, 0.15) is 5.82 Å². The van der Waals surface area contributed by atoms with E-state index in [-0.39, 0.29) is 11.9 Å². The molecular weight excluding hydrogens is 285 g/mol. The Bertz CT molecular complexity index is 406. The number of carbonyl (C=O) groups excluding carboxylic acids is 1. The zero-order valence-electron chi connectivity index (χ0n) is 10.3. The van der Waals surface area contributed by atoms with E-state index in [9.17, 15) is 9.18 Å². The van der Waals surface area contributed by atoms with Crippen LogP contribution in [0.25, 0.3) is 0 Å². The van der Waals surface area contributed by atoms with Crippen molar-refractivity contribution in [3.63, 3.8) is 0 Å². The quantitative estimate of drug-likeness (QED) is 0.827. The van der Waals surface area contributed by atoms with E-state index in [1.54, 1.807) is 17.0 Å². The summed E-state index contributed by atoms with van der Waals surface area (Å²) in [4.78, 5) is 13.9. The Morgan fingerprint density at radius 2 is 2.12 bits per heavy atom. The lowest BCUT2D eigenvalue weighted by atomic mass is 10.1. The molecule has 2 nitrogen and oxygen atoms in total. The number of amides is 1. The molecule has 0 fully saturated rings. The predicted molar refractivity (Wildman–Crippen MR) is 70.6 cm³/mol. The van der Waals surface area contributed by atoms with E-state index in [0.29, 0.717) is 16.6 Å². The third kappa shape index (κ3) is 3.53. The first kappa shape index (κ1) is 14.2.